The van der Waals surface area contributed by atoms with E-state index in [9.17, 15) is 18.4 Å². The van der Waals surface area contributed by atoms with Crippen molar-refractivity contribution in [3.8, 4) is 0 Å². The number of ketones is 1. The second-order valence-electron chi connectivity index (χ2n) is 7.74. The summed E-state index contributed by atoms with van der Waals surface area (Å²) in [5.74, 6) is -2.20. The van der Waals surface area contributed by atoms with E-state index in [0.29, 0.717) is 55.1 Å². The first kappa shape index (κ1) is 19.5. The van der Waals surface area contributed by atoms with Crippen molar-refractivity contribution in [3.63, 3.8) is 0 Å². The van der Waals surface area contributed by atoms with Gasteiger partial charge in [-0.25, -0.2) is 18.7 Å². The van der Waals surface area contributed by atoms with E-state index < -0.39 is 5.92 Å². The SMILES string of the molecule is C=CC(=O)N1CCN(c2cnc3[nH]cc(C(=O)CCC4CC(F)(F)C4)c3n2)CC1. The van der Waals surface area contributed by atoms with Crippen LogP contribution in [0.25, 0.3) is 11.2 Å². The maximum atomic E-state index is 13.0. The molecule has 2 aromatic rings. The van der Waals surface area contributed by atoms with Gasteiger partial charge in [-0.3, -0.25) is 9.59 Å². The first-order valence-electron chi connectivity index (χ1n) is 9.78. The molecule has 4 rings (SSSR count). The van der Waals surface area contributed by atoms with Crippen LogP contribution in [0.5, 0.6) is 0 Å². The van der Waals surface area contributed by atoms with E-state index in [0.717, 1.165) is 0 Å². The Morgan fingerprint density at radius 1 is 1.28 bits per heavy atom. The second-order valence-corrected chi connectivity index (χ2v) is 7.74. The second kappa shape index (κ2) is 7.53. The van der Waals surface area contributed by atoms with Gasteiger partial charge in [-0.2, -0.15) is 0 Å². The molecule has 9 heteroatoms. The standard InChI is InChI=1S/C20H23F2N5O2/c1-2-17(29)27-7-5-26(6-8-27)16-12-24-19-18(25-16)14(11-23-19)15(28)4-3-13-9-20(21,22)10-13/h2,11-13H,1,3-10H2,(H,23,24). The van der Waals surface area contributed by atoms with Crippen LogP contribution in [0.3, 0.4) is 0 Å². The number of hydrogen-bond acceptors (Lipinski definition) is 5. The summed E-state index contributed by atoms with van der Waals surface area (Å²) in [6, 6.07) is 0. The predicted molar refractivity (Wildman–Crippen MR) is 104 cm³/mol. The summed E-state index contributed by atoms with van der Waals surface area (Å²) in [5.41, 5.74) is 1.46. The number of rotatable bonds is 6. The molecule has 1 amide bonds. The quantitative estimate of drug-likeness (QED) is 0.593. The predicted octanol–water partition coefficient (Wildman–Crippen LogP) is 2.80. The van der Waals surface area contributed by atoms with Crippen molar-refractivity contribution in [3.05, 3.63) is 30.6 Å². The molecule has 1 saturated heterocycles. The van der Waals surface area contributed by atoms with E-state index in [1.807, 2.05) is 4.90 Å². The van der Waals surface area contributed by atoms with Gasteiger partial charge in [-0.15, -0.1) is 0 Å². The van der Waals surface area contributed by atoms with Crippen molar-refractivity contribution in [1.29, 1.82) is 0 Å². The number of aromatic nitrogens is 3. The topological polar surface area (TPSA) is 82.2 Å². The number of alkyl halides is 2. The number of carbonyl (C=O) groups is 2. The molecule has 154 valence electrons. The minimum Gasteiger partial charge on any atom is -0.352 e. The van der Waals surface area contributed by atoms with Crippen LogP contribution in [0.15, 0.2) is 25.0 Å². The molecule has 0 unspecified atom stereocenters. The maximum absolute atomic E-state index is 13.0. The van der Waals surface area contributed by atoms with Crippen LogP contribution < -0.4 is 4.90 Å². The molecule has 2 aliphatic rings. The lowest BCUT2D eigenvalue weighted by molar-refractivity contribution is -0.126. The average molecular weight is 403 g/mol. The largest absolute Gasteiger partial charge is 0.352 e. The van der Waals surface area contributed by atoms with Crippen molar-refractivity contribution in [2.24, 2.45) is 5.92 Å². The van der Waals surface area contributed by atoms with Gasteiger partial charge in [0.05, 0.1) is 11.8 Å². The van der Waals surface area contributed by atoms with E-state index in [-0.39, 0.29) is 36.9 Å². The minimum atomic E-state index is -2.56. The fraction of sp³-hybridized carbons (Fsp3) is 0.500. The Morgan fingerprint density at radius 2 is 2.00 bits per heavy atom. The zero-order valence-electron chi connectivity index (χ0n) is 16.0. The normalized spacial score (nSPS) is 19.2. The molecular formula is C20H23F2N5O2. The number of aromatic amines is 1. The van der Waals surface area contributed by atoms with E-state index in [1.165, 1.54) is 6.08 Å². The molecule has 7 nitrogen and oxygen atoms in total. The zero-order chi connectivity index (χ0) is 20.6. The highest BCUT2D eigenvalue weighted by Gasteiger charge is 2.44. The number of nitrogens with one attached hydrogen (secondary N) is 1. The third kappa shape index (κ3) is 3.99. The Bertz CT molecular complexity index is 941. The summed E-state index contributed by atoms with van der Waals surface area (Å²) < 4.78 is 25.9. The summed E-state index contributed by atoms with van der Waals surface area (Å²) >= 11 is 0. The first-order chi connectivity index (χ1) is 13.9. The van der Waals surface area contributed by atoms with Crippen molar-refractivity contribution in [2.45, 2.75) is 31.6 Å². The average Bonchev–Trinajstić information content (AvgIpc) is 3.13. The van der Waals surface area contributed by atoms with E-state index in [1.54, 1.807) is 17.3 Å². The van der Waals surface area contributed by atoms with Crippen LogP contribution in [0.2, 0.25) is 0 Å². The molecular weight excluding hydrogens is 380 g/mol. The molecule has 0 spiro atoms. The number of fused-ring (bicyclic) bond motifs is 1. The number of nitrogens with zero attached hydrogens (tertiary/aromatic N) is 4. The first-order valence-corrected chi connectivity index (χ1v) is 9.78. The number of hydrogen-bond donors (Lipinski definition) is 1. The van der Waals surface area contributed by atoms with Gasteiger partial charge in [-0.1, -0.05) is 6.58 Å². The van der Waals surface area contributed by atoms with Crippen LogP contribution in [-0.2, 0) is 4.79 Å². The molecule has 1 aliphatic carbocycles. The molecule has 0 bridgehead atoms. The van der Waals surface area contributed by atoms with Crippen LogP contribution in [0.4, 0.5) is 14.6 Å². The highest BCUT2D eigenvalue weighted by atomic mass is 19.3. The van der Waals surface area contributed by atoms with Crippen LogP contribution in [0, 0.1) is 5.92 Å². The van der Waals surface area contributed by atoms with Crippen molar-refractivity contribution < 1.29 is 18.4 Å². The summed E-state index contributed by atoms with van der Waals surface area (Å²) in [5, 5.41) is 0. The molecule has 2 fully saturated rings. The molecule has 1 aliphatic heterocycles. The number of carbonyl (C=O) groups excluding carboxylic acids is 2. The number of piperazine rings is 1. The van der Waals surface area contributed by atoms with Gasteiger partial charge in [0.15, 0.2) is 11.4 Å². The molecule has 3 heterocycles. The van der Waals surface area contributed by atoms with Crippen molar-refractivity contribution in [1.82, 2.24) is 19.9 Å². The summed E-state index contributed by atoms with van der Waals surface area (Å²) in [4.78, 5) is 40.0. The van der Waals surface area contributed by atoms with Crippen molar-refractivity contribution >= 4 is 28.7 Å². The lowest BCUT2D eigenvalue weighted by atomic mass is 9.78. The summed E-state index contributed by atoms with van der Waals surface area (Å²) in [7, 11) is 0. The molecule has 0 aromatic carbocycles. The lowest BCUT2D eigenvalue weighted by Gasteiger charge is -2.34. The van der Waals surface area contributed by atoms with E-state index >= 15 is 0 Å². The highest BCUT2D eigenvalue weighted by Crippen LogP contribution is 2.44. The zero-order valence-corrected chi connectivity index (χ0v) is 16.0. The molecule has 2 aromatic heterocycles. The maximum Gasteiger partial charge on any atom is 0.248 e. The minimum absolute atomic E-state index is 0.0876. The third-order valence-electron chi connectivity index (χ3n) is 5.71. The Kier molecular flexibility index (Phi) is 5.06. The Labute approximate surface area is 166 Å². The van der Waals surface area contributed by atoms with Gasteiger partial charge >= 0.3 is 0 Å². The smallest absolute Gasteiger partial charge is 0.248 e. The Morgan fingerprint density at radius 3 is 2.66 bits per heavy atom. The van der Waals surface area contributed by atoms with Gasteiger partial charge in [0.1, 0.15) is 11.3 Å². The molecule has 0 atom stereocenters. The number of Topliss-reactive ketones (excluding diaryl/α,β-unsaturated/α-hetero) is 1. The van der Waals surface area contributed by atoms with Crippen LogP contribution in [0.1, 0.15) is 36.0 Å². The van der Waals surface area contributed by atoms with Gasteiger partial charge in [0, 0.05) is 51.6 Å². The number of H-pyrrole nitrogens is 1. The highest BCUT2D eigenvalue weighted by molar-refractivity contribution is 6.05. The Balaban J connectivity index is 1.43. The molecule has 1 saturated carbocycles. The van der Waals surface area contributed by atoms with Gasteiger partial charge in [0.25, 0.3) is 0 Å². The fourth-order valence-electron chi connectivity index (χ4n) is 3.99. The molecule has 1 N–H and O–H groups in total. The summed E-state index contributed by atoms with van der Waals surface area (Å²) in [6.07, 6.45) is 4.98. The van der Waals surface area contributed by atoms with Crippen molar-refractivity contribution in [2.75, 3.05) is 31.1 Å². The van der Waals surface area contributed by atoms with Gasteiger partial charge < -0.3 is 14.8 Å². The van der Waals surface area contributed by atoms with Gasteiger partial charge in [-0.05, 0) is 18.4 Å². The number of anilines is 1. The van der Waals surface area contributed by atoms with Gasteiger partial charge in [0.2, 0.25) is 11.8 Å². The number of amides is 1. The number of halogens is 2. The monoisotopic (exact) mass is 403 g/mol. The van der Waals surface area contributed by atoms with E-state index in [4.69, 9.17) is 0 Å². The van der Waals surface area contributed by atoms with E-state index in [2.05, 4.69) is 21.5 Å². The Hall–Kier alpha value is -2.84. The lowest BCUT2D eigenvalue weighted by Crippen LogP contribution is -2.48. The molecule has 29 heavy (non-hydrogen) atoms. The third-order valence-corrected chi connectivity index (χ3v) is 5.71. The van der Waals surface area contributed by atoms with Crippen LogP contribution in [-0.4, -0.2) is 63.6 Å². The van der Waals surface area contributed by atoms with Crippen LogP contribution >= 0.6 is 0 Å². The fourth-order valence-corrected chi connectivity index (χ4v) is 3.99. The molecule has 0 radical (unpaired) electrons. The summed E-state index contributed by atoms with van der Waals surface area (Å²) in [6.45, 7) is 5.87.